The number of benzene rings is 1. The fraction of sp³-hybridized carbons (Fsp3) is 0.571. The van der Waals surface area contributed by atoms with Gasteiger partial charge < -0.3 is 4.74 Å². The van der Waals surface area contributed by atoms with Gasteiger partial charge in [0.05, 0.1) is 0 Å². The lowest BCUT2D eigenvalue weighted by Gasteiger charge is -2.16. The molecule has 0 aliphatic carbocycles. The summed E-state index contributed by atoms with van der Waals surface area (Å²) >= 11 is 0. The van der Waals surface area contributed by atoms with Gasteiger partial charge in [-0.3, -0.25) is 0 Å². The maximum Gasteiger partial charge on any atom is 0.123 e. The van der Waals surface area contributed by atoms with Gasteiger partial charge in [0.1, 0.15) is 11.4 Å². The standard InChI is InChI=1S/C12H16O.C2H6/c1-4-9-5-6-11-10(7-9)8-12(2,3)13-11;1-2/h5-7H,4,8H2,1-3H3;1-2H3. The van der Waals surface area contributed by atoms with Crippen molar-refractivity contribution in [3.05, 3.63) is 29.3 Å². The van der Waals surface area contributed by atoms with Crippen molar-refractivity contribution in [1.82, 2.24) is 0 Å². The van der Waals surface area contributed by atoms with Crippen LogP contribution in [0.15, 0.2) is 18.2 Å². The van der Waals surface area contributed by atoms with Crippen LogP contribution < -0.4 is 4.74 Å². The third-order valence-electron chi connectivity index (χ3n) is 2.54. The van der Waals surface area contributed by atoms with Crippen LogP contribution in [0.4, 0.5) is 0 Å². The van der Waals surface area contributed by atoms with Gasteiger partial charge in [-0.25, -0.2) is 0 Å². The molecule has 0 saturated heterocycles. The summed E-state index contributed by atoms with van der Waals surface area (Å²) in [7, 11) is 0. The van der Waals surface area contributed by atoms with E-state index in [1.54, 1.807) is 0 Å². The van der Waals surface area contributed by atoms with Crippen LogP contribution in [0.1, 0.15) is 45.7 Å². The number of hydrogen-bond acceptors (Lipinski definition) is 1. The van der Waals surface area contributed by atoms with Crippen molar-refractivity contribution in [2.45, 2.75) is 53.1 Å². The highest BCUT2D eigenvalue weighted by molar-refractivity contribution is 5.41. The topological polar surface area (TPSA) is 9.23 Å². The number of fused-ring (bicyclic) bond motifs is 1. The molecule has 1 aromatic carbocycles. The molecule has 0 atom stereocenters. The Morgan fingerprint density at radius 1 is 1.27 bits per heavy atom. The largest absolute Gasteiger partial charge is 0.487 e. The molecular formula is C14H22O. The lowest BCUT2D eigenvalue weighted by Crippen LogP contribution is -2.24. The zero-order chi connectivity index (χ0) is 11.5. The summed E-state index contributed by atoms with van der Waals surface area (Å²) in [4.78, 5) is 0. The molecule has 0 radical (unpaired) electrons. The highest BCUT2D eigenvalue weighted by Gasteiger charge is 2.29. The molecule has 0 aromatic heterocycles. The van der Waals surface area contributed by atoms with Gasteiger partial charge in [-0.05, 0) is 37.5 Å². The van der Waals surface area contributed by atoms with Gasteiger partial charge >= 0.3 is 0 Å². The Hall–Kier alpha value is -0.980. The first-order valence-corrected chi connectivity index (χ1v) is 5.91. The van der Waals surface area contributed by atoms with Crippen LogP contribution in [0.5, 0.6) is 5.75 Å². The molecule has 1 aromatic rings. The van der Waals surface area contributed by atoms with Gasteiger partial charge in [0, 0.05) is 6.42 Å². The van der Waals surface area contributed by atoms with Crippen molar-refractivity contribution in [1.29, 1.82) is 0 Å². The van der Waals surface area contributed by atoms with E-state index in [1.165, 1.54) is 11.1 Å². The SMILES string of the molecule is CC.CCc1ccc2c(c1)CC(C)(C)O2. The Morgan fingerprint density at radius 2 is 1.93 bits per heavy atom. The van der Waals surface area contributed by atoms with Crippen molar-refractivity contribution in [3.63, 3.8) is 0 Å². The summed E-state index contributed by atoms with van der Waals surface area (Å²) in [6.45, 7) is 10.5. The van der Waals surface area contributed by atoms with Crippen molar-refractivity contribution >= 4 is 0 Å². The van der Waals surface area contributed by atoms with Crippen LogP contribution >= 0.6 is 0 Å². The lowest BCUT2D eigenvalue weighted by molar-refractivity contribution is 0.138. The average Bonchev–Trinajstić information content (AvgIpc) is 2.53. The van der Waals surface area contributed by atoms with E-state index in [2.05, 4.69) is 39.0 Å². The van der Waals surface area contributed by atoms with Gasteiger partial charge in [-0.1, -0.05) is 32.9 Å². The number of rotatable bonds is 1. The van der Waals surface area contributed by atoms with E-state index in [0.29, 0.717) is 0 Å². The second-order valence-electron chi connectivity index (χ2n) is 4.33. The highest BCUT2D eigenvalue weighted by atomic mass is 16.5. The summed E-state index contributed by atoms with van der Waals surface area (Å²) in [5.74, 6) is 1.07. The van der Waals surface area contributed by atoms with E-state index >= 15 is 0 Å². The first-order chi connectivity index (χ1) is 7.11. The summed E-state index contributed by atoms with van der Waals surface area (Å²) in [6, 6.07) is 6.52. The number of hydrogen-bond donors (Lipinski definition) is 0. The molecule has 0 saturated carbocycles. The third-order valence-corrected chi connectivity index (χ3v) is 2.54. The summed E-state index contributed by atoms with van der Waals surface area (Å²) in [5, 5.41) is 0. The van der Waals surface area contributed by atoms with E-state index in [0.717, 1.165) is 18.6 Å². The maximum atomic E-state index is 5.79. The molecule has 84 valence electrons. The predicted molar refractivity (Wildman–Crippen MR) is 65.6 cm³/mol. The number of aryl methyl sites for hydroxylation is 1. The molecule has 1 aliphatic heterocycles. The van der Waals surface area contributed by atoms with Gasteiger partial charge in [-0.15, -0.1) is 0 Å². The second kappa shape index (κ2) is 4.69. The van der Waals surface area contributed by atoms with Gasteiger partial charge in [0.2, 0.25) is 0 Å². The molecule has 0 bridgehead atoms. The molecule has 0 fully saturated rings. The Kier molecular flexibility index (Phi) is 3.78. The molecule has 0 spiro atoms. The van der Waals surface area contributed by atoms with Crippen molar-refractivity contribution in [2.75, 3.05) is 0 Å². The molecule has 0 N–H and O–H groups in total. The quantitative estimate of drug-likeness (QED) is 0.675. The normalized spacial score (nSPS) is 16.1. The molecule has 2 rings (SSSR count). The molecular weight excluding hydrogens is 184 g/mol. The summed E-state index contributed by atoms with van der Waals surface area (Å²) in [5.41, 5.74) is 2.76. The van der Waals surface area contributed by atoms with Crippen LogP contribution in [0.25, 0.3) is 0 Å². The molecule has 0 unspecified atom stereocenters. The van der Waals surface area contributed by atoms with Crippen LogP contribution in [0, 0.1) is 0 Å². The summed E-state index contributed by atoms with van der Waals surface area (Å²) < 4.78 is 5.79. The minimum atomic E-state index is -0.00526. The van der Waals surface area contributed by atoms with E-state index in [4.69, 9.17) is 4.74 Å². The van der Waals surface area contributed by atoms with Crippen molar-refractivity contribution in [2.24, 2.45) is 0 Å². The van der Waals surface area contributed by atoms with Crippen molar-refractivity contribution < 1.29 is 4.74 Å². The number of ether oxygens (including phenoxy) is 1. The zero-order valence-electron chi connectivity index (χ0n) is 10.6. The average molecular weight is 206 g/mol. The highest BCUT2D eigenvalue weighted by Crippen LogP contribution is 2.35. The molecule has 15 heavy (non-hydrogen) atoms. The van der Waals surface area contributed by atoms with Crippen LogP contribution in [-0.4, -0.2) is 5.60 Å². The third kappa shape index (κ3) is 2.74. The van der Waals surface area contributed by atoms with Crippen LogP contribution in [0.3, 0.4) is 0 Å². The van der Waals surface area contributed by atoms with Crippen LogP contribution in [-0.2, 0) is 12.8 Å². The maximum absolute atomic E-state index is 5.79. The lowest BCUT2D eigenvalue weighted by atomic mass is 10.00. The predicted octanol–water partition coefficient (Wildman–Crippen LogP) is 3.99. The van der Waals surface area contributed by atoms with Gasteiger partial charge in [0.15, 0.2) is 0 Å². The summed E-state index contributed by atoms with van der Waals surface area (Å²) in [6.07, 6.45) is 2.14. The fourth-order valence-electron chi connectivity index (χ4n) is 1.88. The van der Waals surface area contributed by atoms with Gasteiger partial charge in [-0.2, -0.15) is 0 Å². The Labute approximate surface area is 93.5 Å². The monoisotopic (exact) mass is 206 g/mol. The first kappa shape index (κ1) is 12.1. The zero-order valence-corrected chi connectivity index (χ0v) is 10.6. The van der Waals surface area contributed by atoms with E-state index in [1.807, 2.05) is 13.8 Å². The van der Waals surface area contributed by atoms with Gasteiger partial charge in [0.25, 0.3) is 0 Å². The molecule has 1 nitrogen and oxygen atoms in total. The van der Waals surface area contributed by atoms with E-state index in [-0.39, 0.29) is 5.60 Å². The molecule has 1 heterocycles. The fourth-order valence-corrected chi connectivity index (χ4v) is 1.88. The smallest absolute Gasteiger partial charge is 0.123 e. The Bertz CT molecular complexity index is 326. The molecule has 0 amide bonds. The Balaban J connectivity index is 0.000000531. The van der Waals surface area contributed by atoms with Crippen LogP contribution in [0.2, 0.25) is 0 Å². The minimum absolute atomic E-state index is 0.00526. The molecule has 1 aliphatic rings. The van der Waals surface area contributed by atoms with E-state index < -0.39 is 0 Å². The minimum Gasteiger partial charge on any atom is -0.487 e. The van der Waals surface area contributed by atoms with E-state index in [9.17, 15) is 0 Å². The first-order valence-electron chi connectivity index (χ1n) is 5.91. The Morgan fingerprint density at radius 3 is 2.53 bits per heavy atom. The molecule has 1 heteroatoms. The second-order valence-corrected chi connectivity index (χ2v) is 4.33. The van der Waals surface area contributed by atoms with Crippen molar-refractivity contribution in [3.8, 4) is 5.75 Å².